The van der Waals surface area contributed by atoms with Crippen LogP contribution in [0.15, 0.2) is 0 Å². The van der Waals surface area contributed by atoms with Crippen LogP contribution in [-0.4, -0.2) is 37.5 Å². The predicted octanol–water partition coefficient (Wildman–Crippen LogP) is 1.80. The van der Waals surface area contributed by atoms with Gasteiger partial charge in [0.2, 0.25) is 0 Å². The average molecular weight is 241 g/mol. The molecule has 0 aromatic carbocycles. The van der Waals surface area contributed by atoms with Crippen LogP contribution in [0.25, 0.3) is 0 Å². The number of terminal acetylenes is 1. The van der Waals surface area contributed by atoms with E-state index < -0.39 is 6.10 Å². The summed E-state index contributed by atoms with van der Waals surface area (Å²) in [6, 6.07) is 0. The van der Waals surface area contributed by atoms with Crippen molar-refractivity contribution < 1.29 is 9.84 Å². The summed E-state index contributed by atoms with van der Waals surface area (Å²) in [6.45, 7) is 6.52. The van der Waals surface area contributed by atoms with Crippen LogP contribution in [0.4, 0.5) is 0 Å². The molecule has 0 saturated carbocycles. The summed E-state index contributed by atoms with van der Waals surface area (Å²) < 4.78 is 5.53. The third-order valence-corrected chi connectivity index (χ3v) is 2.81. The molecule has 0 rings (SSSR count). The van der Waals surface area contributed by atoms with Gasteiger partial charge in [0.25, 0.3) is 0 Å². The van der Waals surface area contributed by atoms with Crippen LogP contribution >= 0.6 is 0 Å². The van der Waals surface area contributed by atoms with E-state index in [-0.39, 0.29) is 0 Å². The first kappa shape index (κ1) is 16.4. The lowest BCUT2D eigenvalue weighted by Crippen LogP contribution is -2.31. The van der Waals surface area contributed by atoms with E-state index in [9.17, 15) is 5.11 Å². The van der Waals surface area contributed by atoms with Crippen molar-refractivity contribution in [1.29, 1.82) is 0 Å². The highest BCUT2D eigenvalue weighted by Crippen LogP contribution is 2.12. The van der Waals surface area contributed by atoms with E-state index in [0.29, 0.717) is 25.6 Å². The van der Waals surface area contributed by atoms with Gasteiger partial charge in [-0.25, -0.2) is 0 Å². The molecule has 0 aliphatic heterocycles. The van der Waals surface area contributed by atoms with Crippen LogP contribution in [0.2, 0.25) is 0 Å². The molecule has 0 aliphatic carbocycles. The Bertz CT molecular complexity index is 201. The van der Waals surface area contributed by atoms with Crippen LogP contribution in [0.1, 0.15) is 39.5 Å². The minimum absolute atomic E-state index is 0.389. The van der Waals surface area contributed by atoms with E-state index in [4.69, 9.17) is 11.2 Å². The van der Waals surface area contributed by atoms with Gasteiger partial charge in [-0.2, -0.15) is 0 Å². The van der Waals surface area contributed by atoms with Gasteiger partial charge in [-0.05, 0) is 12.3 Å². The standard InChI is InChI=1S/C14H27NO2/c1-4-7-8-13(6-3)11-17-12-14(16)10-15-9-5-2/h2,13-16H,4,6-12H2,1,3H3. The monoisotopic (exact) mass is 241 g/mol. The fraction of sp³-hybridized carbons (Fsp3) is 0.857. The number of hydrogen-bond donors (Lipinski definition) is 2. The summed E-state index contributed by atoms with van der Waals surface area (Å²) in [5.41, 5.74) is 0. The molecule has 0 saturated heterocycles. The second kappa shape index (κ2) is 11.9. The number of ether oxygens (including phenoxy) is 1. The van der Waals surface area contributed by atoms with Crippen LogP contribution < -0.4 is 5.32 Å². The first-order valence-electron chi connectivity index (χ1n) is 6.64. The van der Waals surface area contributed by atoms with Crippen LogP contribution in [0.5, 0.6) is 0 Å². The first-order valence-corrected chi connectivity index (χ1v) is 6.64. The summed E-state index contributed by atoms with van der Waals surface area (Å²) in [7, 11) is 0. The van der Waals surface area contributed by atoms with Gasteiger partial charge in [0, 0.05) is 13.2 Å². The molecule has 2 N–H and O–H groups in total. The molecule has 0 aliphatic rings. The molecule has 3 heteroatoms. The van der Waals surface area contributed by atoms with Gasteiger partial charge in [0.15, 0.2) is 0 Å². The van der Waals surface area contributed by atoms with Crippen LogP contribution in [0.3, 0.4) is 0 Å². The van der Waals surface area contributed by atoms with Crippen molar-refractivity contribution in [2.45, 2.75) is 45.6 Å². The lowest BCUT2D eigenvalue weighted by atomic mass is 10.0. The fourth-order valence-corrected chi connectivity index (χ4v) is 1.64. The Morgan fingerprint density at radius 3 is 2.71 bits per heavy atom. The summed E-state index contributed by atoms with van der Waals surface area (Å²) in [5, 5.41) is 12.5. The number of nitrogens with one attached hydrogen (secondary N) is 1. The summed E-state index contributed by atoms with van der Waals surface area (Å²) >= 11 is 0. The van der Waals surface area contributed by atoms with Gasteiger partial charge in [-0.1, -0.05) is 39.0 Å². The Balaban J connectivity index is 3.49. The van der Waals surface area contributed by atoms with E-state index in [1.807, 2.05) is 0 Å². The zero-order valence-electron chi connectivity index (χ0n) is 11.2. The highest BCUT2D eigenvalue weighted by atomic mass is 16.5. The average Bonchev–Trinajstić information content (AvgIpc) is 2.34. The molecule has 17 heavy (non-hydrogen) atoms. The van der Waals surface area contributed by atoms with Gasteiger partial charge in [-0.15, -0.1) is 6.42 Å². The maximum atomic E-state index is 9.58. The van der Waals surface area contributed by atoms with Crippen molar-refractivity contribution in [3.8, 4) is 12.3 Å². The van der Waals surface area contributed by atoms with Gasteiger partial charge < -0.3 is 15.2 Å². The molecule has 0 spiro atoms. The minimum atomic E-state index is -0.466. The highest BCUT2D eigenvalue weighted by molar-refractivity contribution is 4.86. The van der Waals surface area contributed by atoms with Gasteiger partial charge in [0.05, 0.1) is 19.3 Å². The number of unbranched alkanes of at least 4 members (excludes halogenated alkanes) is 1. The second-order valence-electron chi connectivity index (χ2n) is 4.44. The molecule has 100 valence electrons. The topological polar surface area (TPSA) is 41.5 Å². The Labute approximate surface area is 106 Å². The normalized spacial score (nSPS) is 14.2. The first-order chi connectivity index (χ1) is 8.24. The molecule has 0 heterocycles. The molecule has 0 bridgehead atoms. The quantitative estimate of drug-likeness (QED) is 0.428. The zero-order chi connectivity index (χ0) is 12.9. The SMILES string of the molecule is C#CCNCC(O)COCC(CC)CCCC. The van der Waals surface area contributed by atoms with Gasteiger partial charge >= 0.3 is 0 Å². The lowest BCUT2D eigenvalue weighted by Gasteiger charge is -2.16. The molecule has 0 aromatic heterocycles. The van der Waals surface area contributed by atoms with E-state index >= 15 is 0 Å². The van der Waals surface area contributed by atoms with Crippen LogP contribution in [0, 0.1) is 18.3 Å². The Kier molecular flexibility index (Phi) is 11.5. The van der Waals surface area contributed by atoms with Crippen molar-refractivity contribution in [1.82, 2.24) is 5.32 Å². The molecule has 0 fully saturated rings. The van der Waals surface area contributed by atoms with E-state index in [1.165, 1.54) is 19.3 Å². The van der Waals surface area contributed by atoms with Crippen LogP contribution in [-0.2, 0) is 4.74 Å². The maximum Gasteiger partial charge on any atom is 0.0897 e. The van der Waals surface area contributed by atoms with Crippen molar-refractivity contribution in [2.75, 3.05) is 26.3 Å². The lowest BCUT2D eigenvalue weighted by molar-refractivity contribution is 0.0198. The fourth-order valence-electron chi connectivity index (χ4n) is 1.64. The predicted molar refractivity (Wildman–Crippen MR) is 71.8 cm³/mol. The Morgan fingerprint density at radius 1 is 1.35 bits per heavy atom. The van der Waals surface area contributed by atoms with Gasteiger partial charge in [0.1, 0.15) is 0 Å². The summed E-state index contributed by atoms with van der Waals surface area (Å²) in [6.07, 6.45) is 9.48. The Hall–Kier alpha value is -0.560. The largest absolute Gasteiger partial charge is 0.389 e. The smallest absolute Gasteiger partial charge is 0.0897 e. The number of aliphatic hydroxyl groups excluding tert-OH is 1. The molecule has 2 unspecified atom stereocenters. The number of aliphatic hydroxyl groups is 1. The summed E-state index contributed by atoms with van der Waals surface area (Å²) in [4.78, 5) is 0. The third-order valence-electron chi connectivity index (χ3n) is 2.81. The van der Waals surface area contributed by atoms with E-state index in [0.717, 1.165) is 13.0 Å². The molecule has 0 aromatic rings. The van der Waals surface area contributed by atoms with E-state index in [1.54, 1.807) is 0 Å². The van der Waals surface area contributed by atoms with Gasteiger partial charge in [-0.3, -0.25) is 0 Å². The minimum Gasteiger partial charge on any atom is -0.389 e. The zero-order valence-corrected chi connectivity index (χ0v) is 11.2. The Morgan fingerprint density at radius 2 is 2.12 bits per heavy atom. The molecule has 3 nitrogen and oxygen atoms in total. The second-order valence-corrected chi connectivity index (χ2v) is 4.44. The maximum absolute atomic E-state index is 9.58. The molecular weight excluding hydrogens is 214 g/mol. The van der Waals surface area contributed by atoms with Crippen molar-refractivity contribution in [3.05, 3.63) is 0 Å². The third kappa shape index (κ3) is 10.3. The van der Waals surface area contributed by atoms with Crippen molar-refractivity contribution in [3.63, 3.8) is 0 Å². The van der Waals surface area contributed by atoms with E-state index in [2.05, 4.69) is 25.1 Å². The molecular formula is C14H27NO2. The van der Waals surface area contributed by atoms with Crippen molar-refractivity contribution in [2.24, 2.45) is 5.92 Å². The molecule has 0 amide bonds. The summed E-state index contributed by atoms with van der Waals surface area (Å²) in [5.74, 6) is 3.09. The molecule has 0 radical (unpaired) electrons. The number of rotatable bonds is 11. The highest BCUT2D eigenvalue weighted by Gasteiger charge is 2.08. The van der Waals surface area contributed by atoms with Crippen molar-refractivity contribution >= 4 is 0 Å². The molecule has 2 atom stereocenters. The number of hydrogen-bond acceptors (Lipinski definition) is 3.